The van der Waals surface area contributed by atoms with Crippen molar-refractivity contribution >= 4 is 28.9 Å². The number of pyridine rings is 1. The van der Waals surface area contributed by atoms with Crippen molar-refractivity contribution in [1.29, 1.82) is 0 Å². The van der Waals surface area contributed by atoms with Crippen LogP contribution in [0.4, 0.5) is 30.2 Å². The van der Waals surface area contributed by atoms with Gasteiger partial charge in [-0.3, -0.25) is 14.3 Å². The van der Waals surface area contributed by atoms with Crippen molar-refractivity contribution in [2.24, 2.45) is 0 Å². The summed E-state index contributed by atoms with van der Waals surface area (Å²) in [5.74, 6) is -1.21. The van der Waals surface area contributed by atoms with Gasteiger partial charge in [0.05, 0.1) is 29.5 Å². The molecule has 1 aliphatic carbocycles. The highest BCUT2D eigenvalue weighted by molar-refractivity contribution is 6.10. The van der Waals surface area contributed by atoms with Gasteiger partial charge in [0.15, 0.2) is 11.4 Å². The summed E-state index contributed by atoms with van der Waals surface area (Å²) in [5.41, 5.74) is 1.08. The van der Waals surface area contributed by atoms with Crippen molar-refractivity contribution in [3.05, 3.63) is 54.1 Å². The lowest BCUT2D eigenvalue weighted by atomic mass is 10.2. The minimum absolute atomic E-state index is 0.00896. The molecule has 4 rings (SSSR count). The number of nitrogens with zero attached hydrogens (tertiary/aromatic N) is 5. The van der Waals surface area contributed by atoms with E-state index in [1.807, 2.05) is 0 Å². The summed E-state index contributed by atoms with van der Waals surface area (Å²) in [6, 6.07) is 3.49. The van der Waals surface area contributed by atoms with Crippen molar-refractivity contribution in [3.63, 3.8) is 0 Å². The van der Waals surface area contributed by atoms with Gasteiger partial charge >= 0.3 is 6.18 Å². The van der Waals surface area contributed by atoms with E-state index in [2.05, 4.69) is 36.0 Å². The highest BCUT2D eigenvalue weighted by atomic mass is 19.4. The standard InChI is InChI=1S/C20H19F3N8O2/c1-24-18(32)17-15(8-31(30-17)9-20(21,22)23)29-19(33)16-14(27-12-6-25-10-26-7-12)5-4-13(28-16)11-2-3-11/h4-8,10-11,27H,2-3,9H2,1H3,(H,24,32)(H,29,33). The molecule has 0 atom stereocenters. The van der Waals surface area contributed by atoms with Gasteiger partial charge < -0.3 is 16.0 Å². The Bertz CT molecular complexity index is 1180. The van der Waals surface area contributed by atoms with Crippen LogP contribution in [-0.2, 0) is 6.54 Å². The maximum atomic E-state index is 13.1. The second-order valence-corrected chi connectivity index (χ2v) is 7.40. The molecule has 3 N–H and O–H groups in total. The van der Waals surface area contributed by atoms with Crippen LogP contribution >= 0.6 is 0 Å². The van der Waals surface area contributed by atoms with Crippen LogP contribution in [0.25, 0.3) is 0 Å². The van der Waals surface area contributed by atoms with Gasteiger partial charge in [0, 0.05) is 24.9 Å². The molecule has 3 aromatic rings. The number of nitrogens with one attached hydrogen (secondary N) is 3. The molecular formula is C20H19F3N8O2. The van der Waals surface area contributed by atoms with Crippen LogP contribution < -0.4 is 16.0 Å². The van der Waals surface area contributed by atoms with Gasteiger partial charge in [-0.1, -0.05) is 0 Å². The van der Waals surface area contributed by atoms with Gasteiger partial charge in [0.2, 0.25) is 0 Å². The highest BCUT2D eigenvalue weighted by Gasteiger charge is 2.31. The quantitative estimate of drug-likeness (QED) is 0.495. The van der Waals surface area contributed by atoms with Crippen molar-refractivity contribution in [2.45, 2.75) is 31.5 Å². The minimum Gasteiger partial charge on any atom is -0.354 e. The Morgan fingerprint density at radius 3 is 2.45 bits per heavy atom. The fourth-order valence-corrected chi connectivity index (χ4v) is 3.12. The van der Waals surface area contributed by atoms with E-state index in [-0.39, 0.29) is 23.0 Å². The molecule has 33 heavy (non-hydrogen) atoms. The number of hydrogen-bond donors (Lipinski definition) is 3. The first kappa shape index (κ1) is 22.2. The summed E-state index contributed by atoms with van der Waals surface area (Å²) >= 11 is 0. The van der Waals surface area contributed by atoms with E-state index >= 15 is 0 Å². The van der Waals surface area contributed by atoms with Crippen LogP contribution in [0.3, 0.4) is 0 Å². The molecule has 1 saturated carbocycles. The summed E-state index contributed by atoms with van der Waals surface area (Å²) in [4.78, 5) is 37.6. The summed E-state index contributed by atoms with van der Waals surface area (Å²) < 4.78 is 39.0. The van der Waals surface area contributed by atoms with E-state index in [0.29, 0.717) is 16.1 Å². The molecule has 172 valence electrons. The van der Waals surface area contributed by atoms with Gasteiger partial charge in [-0.2, -0.15) is 18.3 Å². The third-order valence-electron chi connectivity index (χ3n) is 4.76. The zero-order valence-electron chi connectivity index (χ0n) is 17.3. The van der Waals surface area contributed by atoms with E-state index < -0.39 is 24.5 Å². The molecular weight excluding hydrogens is 441 g/mol. The number of alkyl halides is 3. The second kappa shape index (κ2) is 8.84. The van der Waals surface area contributed by atoms with E-state index in [0.717, 1.165) is 24.7 Å². The predicted molar refractivity (Wildman–Crippen MR) is 111 cm³/mol. The van der Waals surface area contributed by atoms with E-state index in [9.17, 15) is 22.8 Å². The molecule has 0 radical (unpaired) electrons. The molecule has 0 aromatic carbocycles. The largest absolute Gasteiger partial charge is 0.408 e. The Labute approximate surface area is 185 Å². The molecule has 13 heteroatoms. The Morgan fingerprint density at radius 2 is 1.82 bits per heavy atom. The lowest BCUT2D eigenvalue weighted by Crippen LogP contribution is -2.23. The summed E-state index contributed by atoms with van der Waals surface area (Å²) in [6.45, 7) is -1.41. The Hall–Kier alpha value is -4.03. The summed E-state index contributed by atoms with van der Waals surface area (Å²) in [7, 11) is 1.31. The summed E-state index contributed by atoms with van der Waals surface area (Å²) in [5, 5.41) is 11.5. The first-order valence-corrected chi connectivity index (χ1v) is 9.94. The molecule has 10 nitrogen and oxygen atoms in total. The number of anilines is 3. The lowest BCUT2D eigenvalue weighted by molar-refractivity contribution is -0.142. The van der Waals surface area contributed by atoms with Gasteiger partial charge in [-0.15, -0.1) is 0 Å². The summed E-state index contributed by atoms with van der Waals surface area (Å²) in [6.07, 6.45) is 2.69. The molecule has 2 amide bonds. The Kier molecular flexibility index (Phi) is 5.94. The number of amides is 2. The fourth-order valence-electron chi connectivity index (χ4n) is 3.12. The maximum Gasteiger partial charge on any atom is 0.408 e. The molecule has 0 aliphatic heterocycles. The molecule has 1 aliphatic rings. The number of carbonyl (C=O) groups is 2. The van der Waals surface area contributed by atoms with Crippen molar-refractivity contribution in [3.8, 4) is 0 Å². The van der Waals surface area contributed by atoms with E-state index in [1.54, 1.807) is 12.1 Å². The molecule has 0 unspecified atom stereocenters. The third-order valence-corrected chi connectivity index (χ3v) is 4.76. The number of aromatic nitrogens is 5. The Balaban J connectivity index is 1.66. The molecule has 3 aromatic heterocycles. The average molecular weight is 460 g/mol. The average Bonchev–Trinajstić information content (AvgIpc) is 3.55. The first-order chi connectivity index (χ1) is 15.7. The van der Waals surface area contributed by atoms with Crippen LogP contribution in [0, 0.1) is 0 Å². The number of halogens is 3. The predicted octanol–water partition coefficient (Wildman–Crippen LogP) is 2.86. The molecule has 1 fully saturated rings. The van der Waals surface area contributed by atoms with Crippen molar-refractivity contribution in [1.82, 2.24) is 30.0 Å². The van der Waals surface area contributed by atoms with Crippen molar-refractivity contribution in [2.75, 3.05) is 17.7 Å². The van der Waals surface area contributed by atoms with Crippen LogP contribution in [0.1, 0.15) is 45.4 Å². The molecule has 0 bridgehead atoms. The molecule has 0 spiro atoms. The van der Waals surface area contributed by atoms with Crippen LogP contribution in [0.15, 0.2) is 37.1 Å². The third kappa shape index (κ3) is 5.42. The second-order valence-electron chi connectivity index (χ2n) is 7.40. The maximum absolute atomic E-state index is 13.1. The fraction of sp³-hybridized carbons (Fsp3) is 0.300. The molecule has 3 heterocycles. The zero-order valence-corrected chi connectivity index (χ0v) is 17.3. The monoisotopic (exact) mass is 460 g/mol. The van der Waals surface area contributed by atoms with Gasteiger partial charge in [-0.05, 0) is 25.0 Å². The number of hydrogen-bond acceptors (Lipinski definition) is 7. The topological polar surface area (TPSA) is 127 Å². The smallest absolute Gasteiger partial charge is 0.354 e. The first-order valence-electron chi connectivity index (χ1n) is 9.94. The zero-order chi connectivity index (χ0) is 23.6. The van der Waals surface area contributed by atoms with Crippen LogP contribution in [0.5, 0.6) is 0 Å². The van der Waals surface area contributed by atoms with Gasteiger partial charge in [0.25, 0.3) is 11.8 Å². The Morgan fingerprint density at radius 1 is 1.09 bits per heavy atom. The normalized spacial score (nSPS) is 13.5. The van der Waals surface area contributed by atoms with E-state index in [4.69, 9.17) is 0 Å². The van der Waals surface area contributed by atoms with Crippen molar-refractivity contribution < 1.29 is 22.8 Å². The highest BCUT2D eigenvalue weighted by Crippen LogP contribution is 2.39. The van der Waals surface area contributed by atoms with Crippen LogP contribution in [0.2, 0.25) is 0 Å². The molecule has 0 saturated heterocycles. The van der Waals surface area contributed by atoms with E-state index in [1.165, 1.54) is 25.8 Å². The SMILES string of the molecule is CNC(=O)c1nn(CC(F)(F)F)cc1NC(=O)c1nc(C2CC2)ccc1Nc1cncnc1. The van der Waals surface area contributed by atoms with Gasteiger partial charge in [-0.25, -0.2) is 15.0 Å². The van der Waals surface area contributed by atoms with Gasteiger partial charge in [0.1, 0.15) is 12.9 Å². The lowest BCUT2D eigenvalue weighted by Gasteiger charge is -2.12. The number of carbonyl (C=O) groups excluding carboxylic acids is 2. The number of rotatable bonds is 7. The van der Waals surface area contributed by atoms with Crippen LogP contribution in [-0.4, -0.2) is 49.8 Å². The minimum atomic E-state index is -4.55.